The van der Waals surface area contributed by atoms with Gasteiger partial charge >= 0.3 is 13.6 Å². The van der Waals surface area contributed by atoms with Crippen molar-refractivity contribution < 1.29 is 23.9 Å². The number of hydrogen-bond acceptors (Lipinski definition) is 3. The van der Waals surface area contributed by atoms with Crippen molar-refractivity contribution in [1.82, 2.24) is 0 Å². The summed E-state index contributed by atoms with van der Waals surface area (Å²) in [7, 11) is -4.18. The third kappa shape index (κ3) is 5.19. The van der Waals surface area contributed by atoms with E-state index in [1.165, 1.54) is 0 Å². The second kappa shape index (κ2) is 9.54. The van der Waals surface area contributed by atoms with Gasteiger partial charge in [0, 0.05) is 0 Å². The first kappa shape index (κ1) is 19.6. The van der Waals surface area contributed by atoms with Gasteiger partial charge in [0.1, 0.15) is 0 Å². The first-order chi connectivity index (χ1) is 9.38. The van der Waals surface area contributed by atoms with E-state index >= 15 is 0 Å². The molecule has 1 atom stereocenters. The first-order valence-electron chi connectivity index (χ1n) is 7.58. The molecular weight excluding hydrogens is 279 g/mol. The molecule has 2 N–H and O–H groups in total. The monoisotopic (exact) mass is 308 g/mol. The largest absolute Gasteiger partial charge is 0.480 e. The summed E-state index contributed by atoms with van der Waals surface area (Å²) in [6.45, 7) is 5.96. The van der Waals surface area contributed by atoms with Gasteiger partial charge in [-0.15, -0.1) is 0 Å². The lowest BCUT2D eigenvalue weighted by atomic mass is 9.95. The summed E-state index contributed by atoms with van der Waals surface area (Å²) in [5.41, 5.74) is 0. The van der Waals surface area contributed by atoms with E-state index in [2.05, 4.69) is 0 Å². The molecule has 0 aromatic rings. The summed E-state index contributed by atoms with van der Waals surface area (Å²) in [6.07, 6.45) is 4.67. The Morgan fingerprint density at radius 3 is 1.85 bits per heavy atom. The van der Waals surface area contributed by atoms with Crippen LogP contribution in [0.15, 0.2) is 0 Å². The molecule has 0 aliphatic rings. The summed E-state index contributed by atoms with van der Waals surface area (Å²) in [4.78, 5) is 21.9. The molecule has 0 aromatic carbocycles. The Balaban J connectivity index is 5.20. The van der Waals surface area contributed by atoms with Gasteiger partial charge < -0.3 is 14.5 Å². The number of hydrogen-bond donors (Lipinski definition) is 2. The fourth-order valence-electron chi connectivity index (χ4n) is 2.14. The van der Waals surface area contributed by atoms with Gasteiger partial charge in [-0.1, -0.05) is 52.9 Å². The maximum atomic E-state index is 12.5. The van der Waals surface area contributed by atoms with Gasteiger partial charge in [-0.2, -0.15) is 0 Å². The van der Waals surface area contributed by atoms with Crippen molar-refractivity contribution >= 4 is 13.6 Å². The van der Waals surface area contributed by atoms with E-state index in [4.69, 9.17) is 4.52 Å². The highest BCUT2D eigenvalue weighted by Crippen LogP contribution is 2.60. The van der Waals surface area contributed by atoms with Crippen molar-refractivity contribution in [2.24, 2.45) is 0 Å². The average molecular weight is 308 g/mol. The van der Waals surface area contributed by atoms with Crippen molar-refractivity contribution in [1.29, 1.82) is 0 Å². The van der Waals surface area contributed by atoms with E-state index in [1.54, 1.807) is 0 Å². The molecule has 0 fully saturated rings. The van der Waals surface area contributed by atoms with Crippen molar-refractivity contribution in [3.63, 3.8) is 0 Å². The van der Waals surface area contributed by atoms with Crippen LogP contribution >= 0.6 is 7.60 Å². The molecule has 0 saturated heterocycles. The molecule has 0 spiro atoms. The Morgan fingerprint density at radius 1 is 1.05 bits per heavy atom. The Bertz CT molecular complexity index is 322. The maximum Gasteiger partial charge on any atom is 0.345 e. The van der Waals surface area contributed by atoms with E-state index < -0.39 is 18.7 Å². The number of unbranched alkanes of at least 4 members (excludes halogenated alkanes) is 3. The lowest BCUT2D eigenvalue weighted by Crippen LogP contribution is -2.39. The second-order valence-corrected chi connectivity index (χ2v) is 7.41. The van der Waals surface area contributed by atoms with Crippen LogP contribution < -0.4 is 0 Å². The SMILES string of the molecule is CCCCOP(=O)(O)C(CCCC)(CCCC)C(=O)O. The molecule has 0 heterocycles. The normalized spacial score (nSPS) is 15.0. The van der Waals surface area contributed by atoms with Gasteiger partial charge in [-0.25, -0.2) is 0 Å². The molecule has 120 valence electrons. The van der Waals surface area contributed by atoms with E-state index in [0.717, 1.165) is 19.3 Å². The maximum absolute atomic E-state index is 12.5. The number of carboxylic acid groups (broad SMARTS) is 1. The predicted molar refractivity (Wildman–Crippen MR) is 80.1 cm³/mol. The number of carboxylic acids is 1. The second-order valence-electron chi connectivity index (χ2n) is 5.25. The number of carbonyl (C=O) groups is 1. The molecule has 0 rings (SSSR count). The summed E-state index contributed by atoms with van der Waals surface area (Å²) < 4.78 is 17.6. The van der Waals surface area contributed by atoms with Crippen LogP contribution in [0.5, 0.6) is 0 Å². The van der Waals surface area contributed by atoms with Crippen LogP contribution in [0.25, 0.3) is 0 Å². The van der Waals surface area contributed by atoms with Crippen LogP contribution in [0.1, 0.15) is 72.1 Å². The predicted octanol–water partition coefficient (Wildman–Crippen LogP) is 4.19. The molecule has 0 saturated carbocycles. The van der Waals surface area contributed by atoms with Crippen LogP contribution in [-0.2, 0) is 13.9 Å². The first-order valence-corrected chi connectivity index (χ1v) is 9.16. The van der Waals surface area contributed by atoms with Gasteiger partial charge in [0.05, 0.1) is 6.61 Å². The van der Waals surface area contributed by atoms with Gasteiger partial charge in [0.15, 0.2) is 5.16 Å². The van der Waals surface area contributed by atoms with Crippen LogP contribution in [0.4, 0.5) is 0 Å². The minimum atomic E-state index is -4.18. The molecule has 5 nitrogen and oxygen atoms in total. The van der Waals surface area contributed by atoms with E-state index in [-0.39, 0.29) is 19.4 Å². The minimum Gasteiger partial charge on any atom is -0.480 e. The third-order valence-electron chi connectivity index (χ3n) is 3.59. The Labute approximate surface area is 122 Å². The molecule has 0 radical (unpaired) electrons. The van der Waals surface area contributed by atoms with Gasteiger partial charge in [-0.3, -0.25) is 9.36 Å². The molecule has 0 aromatic heterocycles. The molecule has 20 heavy (non-hydrogen) atoms. The zero-order chi connectivity index (χ0) is 15.6. The van der Waals surface area contributed by atoms with Crippen molar-refractivity contribution in [2.45, 2.75) is 77.3 Å². The molecular formula is C14H29O5P. The van der Waals surface area contributed by atoms with E-state index in [1.807, 2.05) is 20.8 Å². The standard InChI is InChI=1S/C14H29O5P/c1-4-7-10-14(13(15)16,11-8-5-2)20(17,18)19-12-9-6-3/h4-12H2,1-3H3,(H,15,16)(H,17,18). The summed E-state index contributed by atoms with van der Waals surface area (Å²) in [6, 6.07) is 0. The molecule has 0 aliphatic heterocycles. The van der Waals surface area contributed by atoms with Gasteiger partial charge in [0.25, 0.3) is 0 Å². The lowest BCUT2D eigenvalue weighted by Gasteiger charge is -2.33. The zero-order valence-electron chi connectivity index (χ0n) is 12.9. The third-order valence-corrected chi connectivity index (χ3v) is 5.84. The number of aliphatic carboxylic acids is 1. The lowest BCUT2D eigenvalue weighted by molar-refractivity contribution is -0.141. The highest BCUT2D eigenvalue weighted by molar-refractivity contribution is 7.55. The Kier molecular flexibility index (Phi) is 9.36. The summed E-state index contributed by atoms with van der Waals surface area (Å²) >= 11 is 0. The van der Waals surface area contributed by atoms with Crippen molar-refractivity contribution in [3.05, 3.63) is 0 Å². The molecule has 0 aliphatic carbocycles. The highest BCUT2D eigenvalue weighted by Gasteiger charge is 2.54. The molecule has 1 unspecified atom stereocenters. The smallest absolute Gasteiger partial charge is 0.345 e. The average Bonchev–Trinajstić information content (AvgIpc) is 2.38. The van der Waals surface area contributed by atoms with Crippen LogP contribution in [0.3, 0.4) is 0 Å². The van der Waals surface area contributed by atoms with Gasteiger partial charge in [-0.05, 0) is 19.3 Å². The van der Waals surface area contributed by atoms with Crippen LogP contribution in [0.2, 0.25) is 0 Å². The fourth-order valence-corrected chi connectivity index (χ4v) is 3.88. The van der Waals surface area contributed by atoms with Crippen molar-refractivity contribution in [2.75, 3.05) is 6.61 Å². The minimum absolute atomic E-state index is 0.136. The van der Waals surface area contributed by atoms with E-state index in [0.29, 0.717) is 19.3 Å². The van der Waals surface area contributed by atoms with Gasteiger partial charge in [0.2, 0.25) is 0 Å². The summed E-state index contributed by atoms with van der Waals surface area (Å²) in [5.74, 6) is -1.21. The van der Waals surface area contributed by atoms with Crippen LogP contribution in [-0.4, -0.2) is 27.7 Å². The quantitative estimate of drug-likeness (QED) is 0.417. The molecule has 6 heteroatoms. The van der Waals surface area contributed by atoms with Crippen molar-refractivity contribution in [3.8, 4) is 0 Å². The molecule has 0 amide bonds. The number of rotatable bonds is 12. The fraction of sp³-hybridized carbons (Fsp3) is 0.929. The van der Waals surface area contributed by atoms with E-state index in [9.17, 15) is 19.4 Å². The zero-order valence-corrected chi connectivity index (χ0v) is 13.8. The Hall–Kier alpha value is -0.380. The van der Waals surface area contributed by atoms with Crippen LogP contribution in [0, 0.1) is 0 Å². The Morgan fingerprint density at radius 2 is 1.50 bits per heavy atom. The highest BCUT2D eigenvalue weighted by atomic mass is 31.2. The molecule has 0 bridgehead atoms. The summed E-state index contributed by atoms with van der Waals surface area (Å²) in [5, 5.41) is 7.91. The topological polar surface area (TPSA) is 83.8 Å².